The molecule has 0 saturated carbocycles. The lowest BCUT2D eigenvalue weighted by Crippen LogP contribution is -2.24. The number of nitrogens with one attached hydrogen (secondary N) is 1. The average Bonchev–Trinajstić information content (AvgIpc) is 2.90. The van der Waals surface area contributed by atoms with Crippen LogP contribution in [0.3, 0.4) is 0 Å². The van der Waals surface area contributed by atoms with Gasteiger partial charge in [-0.25, -0.2) is 0 Å². The van der Waals surface area contributed by atoms with Crippen molar-refractivity contribution < 1.29 is 23.8 Å². The molecule has 37 heavy (non-hydrogen) atoms. The minimum absolute atomic E-state index is 0.0440. The summed E-state index contributed by atoms with van der Waals surface area (Å²) in [6, 6.07) is 17.2. The smallest absolute Gasteiger partial charge is 0.244 e. The number of nitrogens with zero attached hydrogens (tertiary/aromatic N) is 1. The van der Waals surface area contributed by atoms with Gasteiger partial charge < -0.3 is 24.1 Å². The largest absolute Gasteiger partial charge is 0.494 e. The van der Waals surface area contributed by atoms with Crippen LogP contribution in [0.15, 0.2) is 71.7 Å². The number of pyridine rings is 1. The van der Waals surface area contributed by atoms with E-state index in [1.54, 1.807) is 47.0 Å². The van der Waals surface area contributed by atoms with E-state index in [4.69, 9.17) is 14.2 Å². The number of methoxy groups -OCH3 is 2. The zero-order chi connectivity index (χ0) is 26.5. The van der Waals surface area contributed by atoms with Gasteiger partial charge in [-0.3, -0.25) is 14.4 Å². The molecule has 0 spiro atoms. The molecule has 0 aliphatic rings. The van der Waals surface area contributed by atoms with Gasteiger partial charge in [0.05, 0.1) is 37.3 Å². The molecular formula is C29H28N2O6. The quantitative estimate of drug-likeness (QED) is 0.338. The van der Waals surface area contributed by atoms with Gasteiger partial charge in [0.2, 0.25) is 11.3 Å². The van der Waals surface area contributed by atoms with Crippen molar-refractivity contribution in [2.45, 2.75) is 20.4 Å². The van der Waals surface area contributed by atoms with Crippen molar-refractivity contribution in [2.24, 2.45) is 0 Å². The van der Waals surface area contributed by atoms with Gasteiger partial charge in [-0.1, -0.05) is 29.8 Å². The number of aryl methyl sites for hydroxylation is 1. The van der Waals surface area contributed by atoms with Gasteiger partial charge in [0, 0.05) is 23.5 Å². The van der Waals surface area contributed by atoms with E-state index in [2.05, 4.69) is 5.32 Å². The van der Waals surface area contributed by atoms with Crippen LogP contribution in [-0.4, -0.2) is 37.1 Å². The Morgan fingerprint density at radius 2 is 1.57 bits per heavy atom. The van der Waals surface area contributed by atoms with E-state index in [1.807, 2.05) is 26.0 Å². The van der Waals surface area contributed by atoms with E-state index in [1.165, 1.54) is 26.5 Å². The number of amides is 1. The summed E-state index contributed by atoms with van der Waals surface area (Å²) in [6.45, 7) is 4.21. The van der Waals surface area contributed by atoms with Crippen LogP contribution in [0.2, 0.25) is 0 Å². The first-order chi connectivity index (χ1) is 17.8. The summed E-state index contributed by atoms with van der Waals surface area (Å²) in [5.41, 5.74) is 1.91. The summed E-state index contributed by atoms with van der Waals surface area (Å²) in [5.74, 6) is 0.678. The first-order valence-corrected chi connectivity index (χ1v) is 11.8. The molecule has 3 aromatic carbocycles. The van der Waals surface area contributed by atoms with Gasteiger partial charge in [-0.05, 0) is 44.2 Å². The van der Waals surface area contributed by atoms with Crippen molar-refractivity contribution in [1.82, 2.24) is 4.57 Å². The van der Waals surface area contributed by atoms with Crippen LogP contribution in [0.5, 0.6) is 17.2 Å². The Labute approximate surface area is 214 Å². The van der Waals surface area contributed by atoms with E-state index >= 15 is 0 Å². The van der Waals surface area contributed by atoms with Crippen LogP contribution in [0, 0.1) is 6.92 Å². The highest BCUT2D eigenvalue weighted by atomic mass is 16.5. The van der Waals surface area contributed by atoms with Crippen LogP contribution < -0.4 is 25.0 Å². The third-order valence-corrected chi connectivity index (χ3v) is 5.91. The van der Waals surface area contributed by atoms with Crippen molar-refractivity contribution in [3.05, 3.63) is 93.8 Å². The van der Waals surface area contributed by atoms with E-state index in [0.717, 1.165) is 5.56 Å². The van der Waals surface area contributed by atoms with Gasteiger partial charge in [0.25, 0.3) is 0 Å². The minimum atomic E-state index is -0.454. The molecule has 0 unspecified atom stereocenters. The molecule has 4 aromatic rings. The normalized spacial score (nSPS) is 10.7. The SMILES string of the molecule is CCOc1ccc(NC(=O)Cn2cc(C(=O)c3ccc(C)cc3)c(=O)c3cc(OC)c(OC)cc32)cc1. The van der Waals surface area contributed by atoms with E-state index in [0.29, 0.717) is 40.6 Å². The molecule has 0 aliphatic heterocycles. The van der Waals surface area contributed by atoms with Gasteiger partial charge in [0.15, 0.2) is 17.3 Å². The zero-order valence-electron chi connectivity index (χ0n) is 21.2. The summed E-state index contributed by atoms with van der Waals surface area (Å²) in [7, 11) is 2.95. The second kappa shape index (κ2) is 11.0. The summed E-state index contributed by atoms with van der Waals surface area (Å²) in [4.78, 5) is 39.8. The number of hydrogen-bond donors (Lipinski definition) is 1. The van der Waals surface area contributed by atoms with Crippen molar-refractivity contribution >= 4 is 28.3 Å². The van der Waals surface area contributed by atoms with E-state index in [9.17, 15) is 14.4 Å². The predicted molar refractivity (Wildman–Crippen MR) is 142 cm³/mol. The molecule has 0 saturated heterocycles. The Morgan fingerprint density at radius 1 is 0.919 bits per heavy atom. The second-order valence-electron chi connectivity index (χ2n) is 8.42. The summed E-state index contributed by atoms with van der Waals surface area (Å²) in [6.07, 6.45) is 1.43. The number of ether oxygens (including phenoxy) is 3. The second-order valence-corrected chi connectivity index (χ2v) is 8.42. The number of benzene rings is 3. The van der Waals surface area contributed by atoms with Gasteiger partial charge in [0.1, 0.15) is 12.3 Å². The Hall–Kier alpha value is -4.59. The van der Waals surface area contributed by atoms with Crippen LogP contribution >= 0.6 is 0 Å². The van der Waals surface area contributed by atoms with E-state index in [-0.39, 0.29) is 23.4 Å². The standard InChI is InChI=1S/C29H28N2O6/c1-5-37-21-12-10-20(11-13-21)30-27(32)17-31-16-23(28(33)19-8-6-18(2)7-9-19)29(34)22-14-25(35-3)26(36-4)15-24(22)31/h6-16H,5,17H2,1-4H3,(H,30,32). The van der Waals surface area contributed by atoms with Crippen LogP contribution in [0.4, 0.5) is 5.69 Å². The molecule has 0 fully saturated rings. The van der Waals surface area contributed by atoms with E-state index < -0.39 is 11.2 Å². The van der Waals surface area contributed by atoms with Crippen LogP contribution in [0.25, 0.3) is 10.9 Å². The molecule has 0 atom stereocenters. The number of carbonyl (C=O) groups is 2. The fraction of sp³-hybridized carbons (Fsp3) is 0.207. The Kier molecular flexibility index (Phi) is 7.57. The van der Waals surface area contributed by atoms with Gasteiger partial charge in [-0.15, -0.1) is 0 Å². The molecule has 0 radical (unpaired) electrons. The summed E-state index contributed by atoms with van der Waals surface area (Å²) < 4.78 is 17.8. The summed E-state index contributed by atoms with van der Waals surface area (Å²) in [5, 5.41) is 3.08. The lowest BCUT2D eigenvalue weighted by molar-refractivity contribution is -0.116. The molecule has 1 heterocycles. The molecule has 8 heteroatoms. The zero-order valence-corrected chi connectivity index (χ0v) is 21.2. The molecule has 4 rings (SSSR count). The van der Waals surface area contributed by atoms with Gasteiger partial charge in [-0.2, -0.15) is 0 Å². The molecule has 1 amide bonds. The topological polar surface area (TPSA) is 95.9 Å². The molecule has 1 N–H and O–H groups in total. The Bertz CT molecular complexity index is 1510. The van der Waals surface area contributed by atoms with Crippen LogP contribution in [-0.2, 0) is 11.3 Å². The maximum Gasteiger partial charge on any atom is 0.244 e. The van der Waals surface area contributed by atoms with Crippen LogP contribution in [0.1, 0.15) is 28.4 Å². The summed E-state index contributed by atoms with van der Waals surface area (Å²) >= 11 is 0. The van der Waals surface area contributed by atoms with Gasteiger partial charge >= 0.3 is 0 Å². The van der Waals surface area contributed by atoms with Crippen molar-refractivity contribution in [3.63, 3.8) is 0 Å². The predicted octanol–water partition coefficient (Wildman–Crippen LogP) is 4.60. The maximum atomic E-state index is 13.4. The Morgan fingerprint density at radius 3 is 2.19 bits per heavy atom. The number of anilines is 1. The molecule has 0 aliphatic carbocycles. The maximum absolute atomic E-state index is 13.4. The molecular weight excluding hydrogens is 472 g/mol. The lowest BCUT2D eigenvalue weighted by Gasteiger charge is -2.16. The molecule has 1 aromatic heterocycles. The minimum Gasteiger partial charge on any atom is -0.494 e. The number of carbonyl (C=O) groups excluding carboxylic acids is 2. The third-order valence-electron chi connectivity index (χ3n) is 5.91. The number of ketones is 1. The van der Waals surface area contributed by atoms with Crippen molar-refractivity contribution in [3.8, 4) is 17.2 Å². The number of fused-ring (bicyclic) bond motifs is 1. The van der Waals surface area contributed by atoms with Crippen molar-refractivity contribution in [1.29, 1.82) is 0 Å². The highest BCUT2D eigenvalue weighted by molar-refractivity contribution is 6.10. The Balaban J connectivity index is 1.77. The highest BCUT2D eigenvalue weighted by Gasteiger charge is 2.20. The monoisotopic (exact) mass is 500 g/mol. The fourth-order valence-corrected chi connectivity index (χ4v) is 4.03. The first kappa shape index (κ1) is 25.5. The first-order valence-electron chi connectivity index (χ1n) is 11.8. The average molecular weight is 501 g/mol. The number of aromatic nitrogens is 1. The lowest BCUT2D eigenvalue weighted by atomic mass is 10.0. The number of rotatable bonds is 9. The molecule has 8 nitrogen and oxygen atoms in total. The third kappa shape index (κ3) is 5.48. The highest BCUT2D eigenvalue weighted by Crippen LogP contribution is 2.31. The number of hydrogen-bond acceptors (Lipinski definition) is 6. The van der Waals surface area contributed by atoms with Crippen molar-refractivity contribution in [2.75, 3.05) is 26.1 Å². The fourth-order valence-electron chi connectivity index (χ4n) is 4.03. The molecule has 0 bridgehead atoms. The molecule has 190 valence electrons.